The second kappa shape index (κ2) is 14.5. The summed E-state index contributed by atoms with van der Waals surface area (Å²) in [6.07, 6.45) is 0. The van der Waals surface area contributed by atoms with Crippen molar-refractivity contribution in [2.24, 2.45) is 0 Å². The number of nitrogens with zero attached hydrogens (tertiary/aromatic N) is 4. The highest BCUT2D eigenvalue weighted by atomic mass is 15.1. The molecule has 0 amide bonds. The first-order chi connectivity index (χ1) is 29.2. The van der Waals surface area contributed by atoms with Gasteiger partial charge < -0.3 is 0 Å². The molecular formula is C55H36N4. The standard InChI is InChI=1S/C55H36N4/c1-3-13-37(14-4-1)38-23-31-42(32-24-38)54-56-51(40-27-25-39(26-28-40)49-35-44-15-7-8-18-46(44)47-19-9-10-20-48(47)49)36-52(57-54)41-29-33-43(34-30-41)55-58-50-21-11-12-22-53(50)59(55)45-16-5-2-6-17-45/h1-36H. The number of para-hydroxylation sites is 3. The highest BCUT2D eigenvalue weighted by molar-refractivity contribution is 6.13. The van der Waals surface area contributed by atoms with Crippen molar-refractivity contribution < 1.29 is 0 Å². The quantitative estimate of drug-likeness (QED) is 0.152. The van der Waals surface area contributed by atoms with E-state index in [0.717, 1.165) is 61.8 Å². The first-order valence-corrected chi connectivity index (χ1v) is 19.9. The summed E-state index contributed by atoms with van der Waals surface area (Å²) >= 11 is 0. The normalized spacial score (nSPS) is 11.4. The van der Waals surface area contributed by atoms with E-state index < -0.39 is 0 Å². The Kier molecular flexibility index (Phi) is 8.45. The van der Waals surface area contributed by atoms with Gasteiger partial charge in [-0.15, -0.1) is 0 Å². The molecule has 11 rings (SSSR count). The zero-order valence-electron chi connectivity index (χ0n) is 32.1. The summed E-state index contributed by atoms with van der Waals surface area (Å²) in [5.41, 5.74) is 13.5. The summed E-state index contributed by atoms with van der Waals surface area (Å²) in [4.78, 5) is 15.5. The Balaban J connectivity index is 1.00. The third-order valence-corrected chi connectivity index (χ3v) is 11.3. The second-order valence-electron chi connectivity index (χ2n) is 14.8. The van der Waals surface area contributed by atoms with Crippen molar-refractivity contribution in [2.45, 2.75) is 0 Å². The van der Waals surface area contributed by atoms with Gasteiger partial charge in [-0.1, -0.05) is 182 Å². The minimum atomic E-state index is 0.677. The minimum absolute atomic E-state index is 0.677. The summed E-state index contributed by atoms with van der Waals surface area (Å²) in [6.45, 7) is 0. The fourth-order valence-corrected chi connectivity index (χ4v) is 8.28. The van der Waals surface area contributed by atoms with Crippen LogP contribution in [0.25, 0.3) is 106 Å². The zero-order chi connectivity index (χ0) is 39.1. The van der Waals surface area contributed by atoms with E-state index in [1.165, 1.54) is 38.2 Å². The molecule has 0 saturated carbocycles. The average molecular weight is 753 g/mol. The molecule has 276 valence electrons. The topological polar surface area (TPSA) is 43.6 Å². The molecule has 0 bridgehead atoms. The van der Waals surface area contributed by atoms with Crippen LogP contribution in [0.1, 0.15) is 0 Å². The van der Waals surface area contributed by atoms with Crippen molar-refractivity contribution >= 4 is 32.6 Å². The molecular weight excluding hydrogens is 717 g/mol. The van der Waals surface area contributed by atoms with Gasteiger partial charge >= 0.3 is 0 Å². The first kappa shape index (κ1) is 34.3. The lowest BCUT2D eigenvalue weighted by Crippen LogP contribution is -1.98. The maximum atomic E-state index is 5.21. The van der Waals surface area contributed by atoms with Crippen LogP contribution in [0, 0.1) is 0 Å². The number of aromatic nitrogens is 4. The van der Waals surface area contributed by atoms with Crippen LogP contribution in [0.4, 0.5) is 0 Å². The monoisotopic (exact) mass is 752 g/mol. The van der Waals surface area contributed by atoms with Gasteiger partial charge in [-0.25, -0.2) is 15.0 Å². The van der Waals surface area contributed by atoms with Gasteiger partial charge in [0.05, 0.1) is 22.4 Å². The van der Waals surface area contributed by atoms with E-state index in [2.05, 4.69) is 205 Å². The smallest absolute Gasteiger partial charge is 0.160 e. The van der Waals surface area contributed by atoms with Crippen LogP contribution in [0.3, 0.4) is 0 Å². The van der Waals surface area contributed by atoms with Crippen LogP contribution in [0.2, 0.25) is 0 Å². The molecule has 0 N–H and O–H groups in total. The van der Waals surface area contributed by atoms with Crippen LogP contribution in [0.15, 0.2) is 218 Å². The van der Waals surface area contributed by atoms with E-state index in [9.17, 15) is 0 Å². The van der Waals surface area contributed by atoms with Gasteiger partial charge in [0.1, 0.15) is 5.82 Å². The van der Waals surface area contributed by atoms with Crippen LogP contribution in [-0.2, 0) is 0 Å². The molecule has 0 saturated heterocycles. The van der Waals surface area contributed by atoms with Crippen LogP contribution >= 0.6 is 0 Å². The molecule has 4 nitrogen and oxygen atoms in total. The molecule has 0 fully saturated rings. The lowest BCUT2D eigenvalue weighted by atomic mass is 9.93. The Bertz CT molecular complexity index is 3280. The zero-order valence-corrected chi connectivity index (χ0v) is 32.1. The van der Waals surface area contributed by atoms with E-state index >= 15 is 0 Å². The molecule has 0 unspecified atom stereocenters. The molecule has 0 aliphatic heterocycles. The Morgan fingerprint density at radius 3 is 1.54 bits per heavy atom. The molecule has 11 aromatic rings. The lowest BCUT2D eigenvalue weighted by Gasteiger charge is -2.13. The largest absolute Gasteiger partial charge is 0.292 e. The Labute approximate surface area is 342 Å². The first-order valence-electron chi connectivity index (χ1n) is 19.9. The highest BCUT2D eigenvalue weighted by Gasteiger charge is 2.16. The van der Waals surface area contributed by atoms with Gasteiger partial charge in [0.25, 0.3) is 0 Å². The maximum absolute atomic E-state index is 5.21. The summed E-state index contributed by atoms with van der Waals surface area (Å²) in [7, 11) is 0. The van der Waals surface area contributed by atoms with Gasteiger partial charge in [-0.3, -0.25) is 4.57 Å². The van der Waals surface area contributed by atoms with Gasteiger partial charge in [0, 0.05) is 27.9 Å². The molecule has 9 aromatic carbocycles. The highest BCUT2D eigenvalue weighted by Crippen LogP contribution is 2.37. The van der Waals surface area contributed by atoms with E-state index in [1.54, 1.807) is 0 Å². The SMILES string of the molecule is c1ccc(-c2ccc(-c3nc(-c4ccc(-c5cc6ccccc6c6ccccc56)cc4)cc(-c4ccc(-c5nc6ccccc6n5-c5ccccc5)cc4)n3)cc2)cc1. The molecule has 59 heavy (non-hydrogen) atoms. The van der Waals surface area contributed by atoms with Crippen molar-refractivity contribution in [3.05, 3.63) is 218 Å². The maximum Gasteiger partial charge on any atom is 0.160 e. The molecule has 2 heterocycles. The van der Waals surface area contributed by atoms with Crippen LogP contribution in [0.5, 0.6) is 0 Å². The number of rotatable bonds is 7. The second-order valence-corrected chi connectivity index (χ2v) is 14.8. The fourth-order valence-electron chi connectivity index (χ4n) is 8.28. The van der Waals surface area contributed by atoms with E-state index in [0.29, 0.717) is 5.82 Å². The van der Waals surface area contributed by atoms with Gasteiger partial charge in [-0.2, -0.15) is 0 Å². The number of imidazole rings is 1. The van der Waals surface area contributed by atoms with Crippen LogP contribution in [-0.4, -0.2) is 19.5 Å². The van der Waals surface area contributed by atoms with E-state index in [1.807, 2.05) is 18.2 Å². The number of hydrogen-bond acceptors (Lipinski definition) is 3. The number of hydrogen-bond donors (Lipinski definition) is 0. The van der Waals surface area contributed by atoms with E-state index in [-0.39, 0.29) is 0 Å². The molecule has 4 heteroatoms. The average Bonchev–Trinajstić information content (AvgIpc) is 3.72. The molecule has 2 aromatic heterocycles. The predicted octanol–water partition coefficient (Wildman–Crippen LogP) is 14.1. The van der Waals surface area contributed by atoms with Crippen molar-refractivity contribution in [1.82, 2.24) is 19.5 Å². The molecule has 0 aliphatic rings. The minimum Gasteiger partial charge on any atom is -0.292 e. The van der Waals surface area contributed by atoms with Crippen molar-refractivity contribution in [1.29, 1.82) is 0 Å². The van der Waals surface area contributed by atoms with Crippen molar-refractivity contribution in [2.75, 3.05) is 0 Å². The predicted molar refractivity (Wildman–Crippen MR) is 244 cm³/mol. The van der Waals surface area contributed by atoms with E-state index in [4.69, 9.17) is 15.0 Å². The molecule has 0 spiro atoms. The molecule has 0 atom stereocenters. The summed E-state index contributed by atoms with van der Waals surface area (Å²) in [5.74, 6) is 1.57. The molecule has 0 radical (unpaired) electrons. The number of benzene rings is 9. The summed E-state index contributed by atoms with van der Waals surface area (Å²) in [6, 6.07) is 76.8. The Hall–Kier alpha value is -7.95. The van der Waals surface area contributed by atoms with Crippen molar-refractivity contribution in [3.8, 4) is 73.2 Å². The van der Waals surface area contributed by atoms with Crippen LogP contribution < -0.4 is 0 Å². The van der Waals surface area contributed by atoms with Gasteiger partial charge in [0.15, 0.2) is 5.82 Å². The Morgan fingerprint density at radius 2 is 0.831 bits per heavy atom. The Morgan fingerprint density at radius 1 is 0.322 bits per heavy atom. The summed E-state index contributed by atoms with van der Waals surface area (Å²) < 4.78 is 2.23. The summed E-state index contributed by atoms with van der Waals surface area (Å²) in [5, 5.41) is 5.00. The van der Waals surface area contributed by atoms with Crippen molar-refractivity contribution in [3.63, 3.8) is 0 Å². The third-order valence-electron chi connectivity index (χ3n) is 11.3. The van der Waals surface area contributed by atoms with Gasteiger partial charge in [0.2, 0.25) is 0 Å². The molecule has 0 aliphatic carbocycles. The third kappa shape index (κ3) is 6.34. The van der Waals surface area contributed by atoms with Gasteiger partial charge in [-0.05, 0) is 80.2 Å². The fraction of sp³-hybridized carbons (Fsp3) is 0. The lowest BCUT2D eigenvalue weighted by molar-refractivity contribution is 1.10. The number of fused-ring (bicyclic) bond motifs is 4.